The van der Waals surface area contributed by atoms with E-state index in [1.54, 1.807) is 14.2 Å². The fraction of sp³-hybridized carbons (Fsp3) is 0.500. The molecule has 96 valence electrons. The quantitative estimate of drug-likeness (QED) is 0.821. The lowest BCUT2D eigenvalue weighted by Gasteiger charge is -2.37. The van der Waals surface area contributed by atoms with Gasteiger partial charge < -0.3 is 14.2 Å². The van der Waals surface area contributed by atoms with Gasteiger partial charge in [-0.05, 0) is 31.0 Å². The van der Waals surface area contributed by atoms with Gasteiger partial charge in [-0.3, -0.25) is 0 Å². The number of ether oxygens (including phenoxy) is 3. The summed E-state index contributed by atoms with van der Waals surface area (Å²) < 4.78 is 16.1. The second-order valence-electron chi connectivity index (χ2n) is 4.60. The van der Waals surface area contributed by atoms with Crippen molar-refractivity contribution in [2.24, 2.45) is 0 Å². The lowest BCUT2D eigenvalue weighted by molar-refractivity contribution is -0.0308. The molecule has 0 aliphatic carbocycles. The van der Waals surface area contributed by atoms with Crippen LogP contribution >= 0.6 is 0 Å². The summed E-state index contributed by atoms with van der Waals surface area (Å²) in [5, 5.41) is 9.41. The predicted octanol–water partition coefficient (Wildman–Crippen LogP) is 2.11. The van der Waals surface area contributed by atoms with E-state index in [1.165, 1.54) is 0 Å². The van der Waals surface area contributed by atoms with Gasteiger partial charge >= 0.3 is 0 Å². The van der Waals surface area contributed by atoms with E-state index >= 15 is 0 Å². The van der Waals surface area contributed by atoms with E-state index in [9.17, 15) is 5.26 Å². The van der Waals surface area contributed by atoms with E-state index in [-0.39, 0.29) is 0 Å². The van der Waals surface area contributed by atoms with Gasteiger partial charge in [0.1, 0.15) is 16.9 Å². The van der Waals surface area contributed by atoms with Gasteiger partial charge in [-0.1, -0.05) is 0 Å². The maximum absolute atomic E-state index is 9.41. The average Bonchev–Trinajstić information content (AvgIpc) is 2.33. The SMILES string of the molecule is COc1cc(C2(C#N)COC2)c(OC)c(C)c1C. The van der Waals surface area contributed by atoms with Gasteiger partial charge in [-0.25, -0.2) is 0 Å². The highest BCUT2D eigenvalue weighted by Crippen LogP contribution is 2.43. The molecule has 2 rings (SSSR count). The highest BCUT2D eigenvalue weighted by molar-refractivity contribution is 5.57. The Hall–Kier alpha value is -1.73. The number of nitrogens with zero attached hydrogens (tertiary/aromatic N) is 1. The summed E-state index contributed by atoms with van der Waals surface area (Å²) in [5.41, 5.74) is 2.30. The maximum atomic E-state index is 9.41. The molecule has 4 nitrogen and oxygen atoms in total. The molecule has 1 fully saturated rings. The molecule has 1 saturated heterocycles. The lowest BCUT2D eigenvalue weighted by Crippen LogP contribution is -2.45. The Morgan fingerprint density at radius 2 is 1.89 bits per heavy atom. The summed E-state index contributed by atoms with van der Waals surface area (Å²) in [6.45, 7) is 4.78. The molecule has 0 radical (unpaired) electrons. The summed E-state index contributed by atoms with van der Waals surface area (Å²) in [4.78, 5) is 0. The van der Waals surface area contributed by atoms with Crippen molar-refractivity contribution in [2.45, 2.75) is 19.3 Å². The van der Waals surface area contributed by atoms with Gasteiger partial charge in [0, 0.05) is 5.56 Å². The lowest BCUT2D eigenvalue weighted by atomic mass is 9.78. The topological polar surface area (TPSA) is 51.5 Å². The van der Waals surface area contributed by atoms with Crippen LogP contribution in [0, 0.1) is 25.2 Å². The van der Waals surface area contributed by atoms with E-state index in [0.717, 1.165) is 28.2 Å². The van der Waals surface area contributed by atoms with Gasteiger partial charge in [0.2, 0.25) is 0 Å². The maximum Gasteiger partial charge on any atom is 0.132 e. The van der Waals surface area contributed by atoms with Gasteiger partial charge in [0.15, 0.2) is 0 Å². The van der Waals surface area contributed by atoms with Gasteiger partial charge in [0.25, 0.3) is 0 Å². The van der Waals surface area contributed by atoms with Crippen LogP contribution in [-0.4, -0.2) is 27.4 Å². The molecule has 1 aromatic carbocycles. The average molecular weight is 247 g/mol. The van der Waals surface area contributed by atoms with Crippen LogP contribution < -0.4 is 9.47 Å². The summed E-state index contributed by atoms with van der Waals surface area (Å²) in [7, 11) is 3.26. The molecule has 1 aromatic rings. The molecular formula is C14H17NO3. The number of hydrogen-bond donors (Lipinski definition) is 0. The van der Waals surface area contributed by atoms with E-state index in [4.69, 9.17) is 14.2 Å². The highest BCUT2D eigenvalue weighted by Gasteiger charge is 2.44. The molecule has 0 amide bonds. The van der Waals surface area contributed by atoms with Crippen LogP contribution in [0.4, 0.5) is 0 Å². The monoisotopic (exact) mass is 247 g/mol. The summed E-state index contributed by atoms with van der Waals surface area (Å²) in [6, 6.07) is 4.24. The van der Waals surface area contributed by atoms with Crippen molar-refractivity contribution in [3.63, 3.8) is 0 Å². The molecule has 0 unspecified atom stereocenters. The van der Waals surface area contributed by atoms with Gasteiger partial charge in [-0.2, -0.15) is 5.26 Å². The third-order valence-electron chi connectivity index (χ3n) is 3.64. The fourth-order valence-corrected chi connectivity index (χ4v) is 2.28. The number of nitriles is 1. The standard InChI is InChI=1S/C14H17NO3/c1-9-10(2)13(17-4)11(5-12(9)16-3)14(6-15)7-18-8-14/h5H,7-8H2,1-4H3. The smallest absolute Gasteiger partial charge is 0.132 e. The first-order chi connectivity index (χ1) is 8.59. The number of methoxy groups -OCH3 is 2. The molecule has 1 heterocycles. The minimum Gasteiger partial charge on any atom is -0.496 e. The minimum absolute atomic E-state index is 0.408. The van der Waals surface area contributed by atoms with Crippen LogP contribution in [0.3, 0.4) is 0 Å². The van der Waals surface area contributed by atoms with Crippen molar-refractivity contribution in [3.05, 3.63) is 22.8 Å². The number of benzene rings is 1. The first-order valence-corrected chi connectivity index (χ1v) is 5.81. The Balaban J connectivity index is 2.66. The first kappa shape index (κ1) is 12.7. The highest BCUT2D eigenvalue weighted by atomic mass is 16.5. The second kappa shape index (κ2) is 4.51. The van der Waals surface area contributed by atoms with E-state index < -0.39 is 5.41 Å². The Bertz CT molecular complexity index is 513. The molecule has 0 saturated carbocycles. The summed E-state index contributed by atoms with van der Waals surface area (Å²) >= 11 is 0. The normalized spacial score (nSPS) is 16.6. The molecule has 0 atom stereocenters. The Morgan fingerprint density at radius 1 is 1.22 bits per heavy atom. The Labute approximate surface area is 107 Å². The van der Waals surface area contributed by atoms with Crippen LogP contribution in [0.1, 0.15) is 16.7 Å². The third-order valence-corrected chi connectivity index (χ3v) is 3.64. The molecule has 4 heteroatoms. The zero-order chi connectivity index (χ0) is 13.3. The molecule has 18 heavy (non-hydrogen) atoms. The van der Waals surface area contributed by atoms with Crippen LogP contribution in [0.25, 0.3) is 0 Å². The second-order valence-corrected chi connectivity index (χ2v) is 4.60. The van der Waals surface area contributed by atoms with Gasteiger partial charge in [-0.15, -0.1) is 0 Å². The number of rotatable bonds is 3. The first-order valence-electron chi connectivity index (χ1n) is 5.81. The largest absolute Gasteiger partial charge is 0.496 e. The van der Waals surface area contributed by atoms with E-state index in [2.05, 4.69) is 6.07 Å². The molecule has 0 N–H and O–H groups in total. The molecule has 0 bridgehead atoms. The van der Waals surface area contributed by atoms with Crippen molar-refractivity contribution < 1.29 is 14.2 Å². The van der Waals surface area contributed by atoms with Crippen LogP contribution in [-0.2, 0) is 10.2 Å². The summed E-state index contributed by atoms with van der Waals surface area (Å²) in [5.74, 6) is 1.54. The zero-order valence-corrected chi connectivity index (χ0v) is 11.2. The van der Waals surface area contributed by atoms with E-state index in [1.807, 2.05) is 19.9 Å². The zero-order valence-electron chi connectivity index (χ0n) is 11.2. The van der Waals surface area contributed by atoms with Crippen molar-refractivity contribution in [1.82, 2.24) is 0 Å². The van der Waals surface area contributed by atoms with Crippen molar-refractivity contribution >= 4 is 0 Å². The number of hydrogen-bond acceptors (Lipinski definition) is 4. The van der Waals surface area contributed by atoms with Crippen LogP contribution in [0.15, 0.2) is 6.07 Å². The van der Waals surface area contributed by atoms with Crippen molar-refractivity contribution in [2.75, 3.05) is 27.4 Å². The molecule has 1 aliphatic rings. The van der Waals surface area contributed by atoms with Crippen LogP contribution in [0.2, 0.25) is 0 Å². The third kappa shape index (κ3) is 1.63. The molecular weight excluding hydrogens is 230 g/mol. The van der Waals surface area contributed by atoms with Gasteiger partial charge in [0.05, 0.1) is 33.5 Å². The predicted molar refractivity (Wildman–Crippen MR) is 67.1 cm³/mol. The van der Waals surface area contributed by atoms with Crippen molar-refractivity contribution in [1.29, 1.82) is 5.26 Å². The van der Waals surface area contributed by atoms with E-state index in [0.29, 0.717) is 13.2 Å². The molecule has 0 spiro atoms. The Morgan fingerprint density at radius 3 is 2.28 bits per heavy atom. The Kier molecular flexibility index (Phi) is 3.18. The molecule has 0 aromatic heterocycles. The van der Waals surface area contributed by atoms with Crippen LogP contribution in [0.5, 0.6) is 11.5 Å². The molecule has 1 aliphatic heterocycles. The fourth-order valence-electron chi connectivity index (χ4n) is 2.28. The van der Waals surface area contributed by atoms with Crippen molar-refractivity contribution in [3.8, 4) is 17.6 Å². The summed E-state index contributed by atoms with van der Waals surface area (Å²) in [6.07, 6.45) is 0. The minimum atomic E-state index is -0.600.